The molecule has 8 heteroatoms. The summed E-state index contributed by atoms with van der Waals surface area (Å²) in [5.74, 6) is -1.90. The molecular weight excluding hydrogens is 301 g/mol. The molecule has 0 radical (unpaired) electrons. The Bertz CT molecular complexity index is 603. The molecule has 1 fully saturated rings. The Balaban J connectivity index is 2.31. The van der Waals surface area contributed by atoms with Gasteiger partial charge < -0.3 is 10.0 Å². The number of carboxylic acid groups (broad SMARTS) is 1. The number of carbonyl (C=O) groups is 2. The lowest BCUT2D eigenvalue weighted by Gasteiger charge is -2.37. The second-order valence-electron chi connectivity index (χ2n) is 5.59. The highest BCUT2D eigenvalue weighted by molar-refractivity contribution is 5.96. The van der Waals surface area contributed by atoms with Gasteiger partial charge in [-0.2, -0.15) is 13.2 Å². The number of alkyl halides is 3. The Hall–Kier alpha value is -2.12. The van der Waals surface area contributed by atoms with Crippen molar-refractivity contribution in [3.8, 4) is 0 Å². The number of rotatable bonds is 2. The molecule has 22 heavy (non-hydrogen) atoms. The van der Waals surface area contributed by atoms with Gasteiger partial charge >= 0.3 is 12.1 Å². The van der Waals surface area contributed by atoms with Gasteiger partial charge in [0.1, 0.15) is 0 Å². The summed E-state index contributed by atoms with van der Waals surface area (Å²) < 4.78 is 38.8. The Morgan fingerprint density at radius 2 is 2.09 bits per heavy atom. The average Bonchev–Trinajstić information content (AvgIpc) is 2.45. The summed E-state index contributed by atoms with van der Waals surface area (Å²) in [5, 5.41) is 9.22. The Morgan fingerprint density at radius 1 is 1.41 bits per heavy atom. The first-order valence-corrected chi connectivity index (χ1v) is 6.70. The first kappa shape index (κ1) is 16.3. The number of carboxylic acids is 1. The van der Waals surface area contributed by atoms with Crippen LogP contribution in [0.4, 0.5) is 13.2 Å². The van der Waals surface area contributed by atoms with E-state index >= 15 is 0 Å². The fraction of sp³-hybridized carbons (Fsp3) is 0.500. The fourth-order valence-electron chi connectivity index (χ4n) is 2.56. The standard InChI is InChI=1S/C14H15F3N2O3/c1-13(12(21)22)5-3-7-19(8-13)11(20)9-4-2-6-18-10(9)14(15,16)17/h2,4,6H,3,5,7-8H2,1H3,(H,21,22). The number of likely N-dealkylation sites (tertiary alicyclic amines) is 1. The van der Waals surface area contributed by atoms with Crippen LogP contribution in [0.25, 0.3) is 0 Å². The molecule has 1 aromatic heterocycles. The third-order valence-corrected chi connectivity index (χ3v) is 3.81. The summed E-state index contributed by atoms with van der Waals surface area (Å²) in [5.41, 5.74) is -2.94. The number of aliphatic carboxylic acids is 1. The molecule has 1 N–H and O–H groups in total. The number of aromatic nitrogens is 1. The lowest BCUT2D eigenvalue weighted by molar-refractivity contribution is -0.150. The van der Waals surface area contributed by atoms with Gasteiger partial charge in [0.25, 0.3) is 5.91 Å². The minimum Gasteiger partial charge on any atom is -0.481 e. The van der Waals surface area contributed by atoms with Crippen LogP contribution in [0.1, 0.15) is 35.8 Å². The molecule has 1 atom stereocenters. The van der Waals surface area contributed by atoms with E-state index in [1.54, 1.807) is 0 Å². The van der Waals surface area contributed by atoms with Gasteiger partial charge in [-0.3, -0.25) is 14.6 Å². The number of piperidine rings is 1. The molecule has 0 aliphatic carbocycles. The SMILES string of the molecule is CC1(C(=O)O)CCCN(C(=O)c2cccnc2C(F)(F)F)C1. The number of carbonyl (C=O) groups excluding carboxylic acids is 1. The summed E-state index contributed by atoms with van der Waals surface area (Å²) in [6.07, 6.45) is -2.96. The van der Waals surface area contributed by atoms with Crippen molar-refractivity contribution >= 4 is 11.9 Å². The molecule has 5 nitrogen and oxygen atoms in total. The molecule has 2 heterocycles. The molecule has 0 spiro atoms. The highest BCUT2D eigenvalue weighted by Crippen LogP contribution is 2.33. The fourth-order valence-corrected chi connectivity index (χ4v) is 2.56. The van der Waals surface area contributed by atoms with E-state index in [0.29, 0.717) is 12.8 Å². The largest absolute Gasteiger partial charge is 0.481 e. The van der Waals surface area contributed by atoms with Crippen LogP contribution in [-0.4, -0.2) is 40.0 Å². The molecule has 1 saturated heterocycles. The molecule has 2 rings (SSSR count). The van der Waals surface area contributed by atoms with Crippen LogP contribution in [-0.2, 0) is 11.0 Å². The van der Waals surface area contributed by atoms with E-state index < -0.39 is 34.7 Å². The van der Waals surface area contributed by atoms with Gasteiger partial charge in [0.2, 0.25) is 0 Å². The topological polar surface area (TPSA) is 70.5 Å². The lowest BCUT2D eigenvalue weighted by Crippen LogP contribution is -2.48. The van der Waals surface area contributed by atoms with Gasteiger partial charge in [0, 0.05) is 19.3 Å². The zero-order valence-corrected chi connectivity index (χ0v) is 11.9. The Labute approximate surface area is 124 Å². The summed E-state index contributed by atoms with van der Waals surface area (Å²) in [6, 6.07) is 2.31. The maximum Gasteiger partial charge on any atom is 0.434 e. The quantitative estimate of drug-likeness (QED) is 0.909. The molecule has 1 unspecified atom stereocenters. The van der Waals surface area contributed by atoms with Gasteiger partial charge in [-0.05, 0) is 31.9 Å². The first-order chi connectivity index (χ1) is 10.1. The minimum absolute atomic E-state index is 0.118. The van der Waals surface area contributed by atoms with Crippen molar-refractivity contribution in [3.63, 3.8) is 0 Å². The van der Waals surface area contributed by atoms with Crippen molar-refractivity contribution in [2.24, 2.45) is 5.41 Å². The van der Waals surface area contributed by atoms with Crippen LogP contribution in [0.2, 0.25) is 0 Å². The molecule has 0 aromatic carbocycles. The van der Waals surface area contributed by atoms with Crippen LogP contribution in [0.15, 0.2) is 18.3 Å². The van der Waals surface area contributed by atoms with E-state index in [9.17, 15) is 27.9 Å². The highest BCUT2D eigenvalue weighted by Gasteiger charge is 2.42. The molecule has 0 bridgehead atoms. The van der Waals surface area contributed by atoms with Gasteiger partial charge in [-0.15, -0.1) is 0 Å². The number of hydrogen-bond acceptors (Lipinski definition) is 3. The van der Waals surface area contributed by atoms with Crippen molar-refractivity contribution in [1.82, 2.24) is 9.88 Å². The monoisotopic (exact) mass is 316 g/mol. The smallest absolute Gasteiger partial charge is 0.434 e. The summed E-state index contributed by atoms with van der Waals surface area (Å²) in [6.45, 7) is 1.60. The maximum atomic E-state index is 12.9. The lowest BCUT2D eigenvalue weighted by atomic mass is 9.82. The van der Waals surface area contributed by atoms with E-state index in [4.69, 9.17) is 0 Å². The van der Waals surface area contributed by atoms with Gasteiger partial charge in [0.15, 0.2) is 5.69 Å². The maximum absolute atomic E-state index is 12.9. The van der Waals surface area contributed by atoms with Crippen LogP contribution < -0.4 is 0 Å². The predicted molar refractivity (Wildman–Crippen MR) is 70.1 cm³/mol. The second-order valence-corrected chi connectivity index (χ2v) is 5.59. The third kappa shape index (κ3) is 3.05. The number of pyridine rings is 1. The van der Waals surface area contributed by atoms with Crippen LogP contribution in [0.5, 0.6) is 0 Å². The zero-order chi connectivity index (χ0) is 16.5. The molecule has 120 valence electrons. The number of hydrogen-bond donors (Lipinski definition) is 1. The van der Waals surface area contributed by atoms with E-state index in [2.05, 4.69) is 4.98 Å². The van der Waals surface area contributed by atoms with E-state index in [-0.39, 0.29) is 13.1 Å². The normalized spacial score (nSPS) is 22.5. The van der Waals surface area contributed by atoms with Gasteiger partial charge in [-0.1, -0.05) is 0 Å². The number of halogens is 3. The van der Waals surface area contributed by atoms with Crippen molar-refractivity contribution in [3.05, 3.63) is 29.6 Å². The summed E-state index contributed by atoms with van der Waals surface area (Å²) in [7, 11) is 0. The molecule has 1 aliphatic heterocycles. The second kappa shape index (κ2) is 5.58. The Kier molecular flexibility index (Phi) is 4.12. The molecule has 1 aromatic rings. The van der Waals surface area contributed by atoms with E-state index in [1.807, 2.05) is 0 Å². The predicted octanol–water partition coefficient (Wildman–Crippen LogP) is 2.43. The van der Waals surface area contributed by atoms with E-state index in [1.165, 1.54) is 13.0 Å². The van der Waals surface area contributed by atoms with Crippen LogP contribution in [0, 0.1) is 5.41 Å². The highest BCUT2D eigenvalue weighted by atomic mass is 19.4. The van der Waals surface area contributed by atoms with Crippen molar-refractivity contribution in [2.75, 3.05) is 13.1 Å². The summed E-state index contributed by atoms with van der Waals surface area (Å²) in [4.78, 5) is 28.1. The average molecular weight is 316 g/mol. The van der Waals surface area contributed by atoms with Crippen molar-refractivity contribution in [2.45, 2.75) is 25.9 Å². The molecular formula is C14H15F3N2O3. The molecule has 1 aliphatic rings. The summed E-state index contributed by atoms with van der Waals surface area (Å²) >= 11 is 0. The number of amides is 1. The van der Waals surface area contributed by atoms with Crippen molar-refractivity contribution in [1.29, 1.82) is 0 Å². The zero-order valence-electron chi connectivity index (χ0n) is 11.9. The van der Waals surface area contributed by atoms with Gasteiger partial charge in [-0.25, -0.2) is 0 Å². The molecule has 0 saturated carbocycles. The minimum atomic E-state index is -4.74. The third-order valence-electron chi connectivity index (χ3n) is 3.81. The van der Waals surface area contributed by atoms with Crippen LogP contribution >= 0.6 is 0 Å². The van der Waals surface area contributed by atoms with E-state index in [0.717, 1.165) is 17.2 Å². The first-order valence-electron chi connectivity index (χ1n) is 6.70. The Morgan fingerprint density at radius 3 is 2.68 bits per heavy atom. The van der Waals surface area contributed by atoms with Gasteiger partial charge in [0.05, 0.1) is 11.0 Å². The number of nitrogens with zero attached hydrogens (tertiary/aromatic N) is 2. The molecule has 1 amide bonds. The van der Waals surface area contributed by atoms with Crippen molar-refractivity contribution < 1.29 is 27.9 Å². The van der Waals surface area contributed by atoms with Crippen LogP contribution in [0.3, 0.4) is 0 Å².